The van der Waals surface area contributed by atoms with Gasteiger partial charge in [-0.05, 0) is 6.07 Å². The van der Waals surface area contributed by atoms with E-state index in [1.807, 2.05) is 0 Å². The zero-order valence-electron chi connectivity index (χ0n) is 10.3. The average molecular weight is 274 g/mol. The predicted octanol–water partition coefficient (Wildman–Crippen LogP) is 2.10. The first-order valence-corrected chi connectivity index (χ1v) is 5.88. The van der Waals surface area contributed by atoms with E-state index in [1.165, 1.54) is 6.07 Å². The van der Waals surface area contributed by atoms with Gasteiger partial charge in [0.25, 0.3) is 0 Å². The number of nitrogens with zero attached hydrogens (tertiary/aromatic N) is 2. The molecule has 104 valence electrons. The van der Waals surface area contributed by atoms with Crippen molar-refractivity contribution in [2.24, 2.45) is 0 Å². The Hall–Kier alpha value is -1.79. The Morgan fingerprint density at radius 3 is 2.63 bits per heavy atom. The van der Waals surface area contributed by atoms with Gasteiger partial charge in [0.05, 0.1) is 18.7 Å². The molecule has 7 heteroatoms. The van der Waals surface area contributed by atoms with Gasteiger partial charge in [0.2, 0.25) is 11.8 Å². The van der Waals surface area contributed by atoms with Gasteiger partial charge in [0.1, 0.15) is 6.10 Å². The monoisotopic (exact) mass is 274 g/mol. The van der Waals surface area contributed by atoms with E-state index in [4.69, 9.17) is 4.74 Å². The molecule has 0 bridgehead atoms. The first-order valence-electron chi connectivity index (χ1n) is 5.88. The summed E-state index contributed by atoms with van der Waals surface area (Å²) >= 11 is 0. The minimum absolute atomic E-state index is 0.0419. The molecule has 0 saturated carbocycles. The highest BCUT2D eigenvalue weighted by molar-refractivity contribution is 5.76. The van der Waals surface area contributed by atoms with Crippen molar-refractivity contribution in [3.63, 3.8) is 0 Å². The van der Waals surface area contributed by atoms with E-state index in [0.717, 1.165) is 12.3 Å². The van der Waals surface area contributed by atoms with Crippen molar-refractivity contribution in [2.75, 3.05) is 13.1 Å². The smallest absolute Gasteiger partial charge is 0.417 e. The maximum atomic E-state index is 12.3. The van der Waals surface area contributed by atoms with Crippen molar-refractivity contribution in [2.45, 2.75) is 25.6 Å². The standard InChI is InChI=1S/C12H13F3N2O2/c1-2-11(18)17-6-9(7-17)19-10-4-3-8(5-16-10)12(13,14)15/h3-5,9H,2,6-7H2,1H3. The molecule has 4 nitrogen and oxygen atoms in total. The van der Waals surface area contributed by atoms with Crippen molar-refractivity contribution in [3.8, 4) is 5.88 Å². The zero-order chi connectivity index (χ0) is 14.0. The molecule has 0 unspecified atom stereocenters. The molecule has 1 aliphatic heterocycles. The van der Waals surface area contributed by atoms with Crippen molar-refractivity contribution < 1.29 is 22.7 Å². The largest absolute Gasteiger partial charge is 0.471 e. The summed E-state index contributed by atoms with van der Waals surface area (Å²) in [6.45, 7) is 2.68. The average Bonchev–Trinajstić information content (AvgIpc) is 2.32. The van der Waals surface area contributed by atoms with Crippen LogP contribution < -0.4 is 4.74 Å². The highest BCUT2D eigenvalue weighted by atomic mass is 19.4. The number of likely N-dealkylation sites (tertiary alicyclic amines) is 1. The Bertz CT molecular complexity index is 453. The minimum atomic E-state index is -4.40. The maximum absolute atomic E-state index is 12.3. The third-order valence-corrected chi connectivity index (χ3v) is 2.85. The molecule has 19 heavy (non-hydrogen) atoms. The third kappa shape index (κ3) is 3.15. The number of carbonyl (C=O) groups is 1. The number of halogens is 3. The SMILES string of the molecule is CCC(=O)N1CC(Oc2ccc(C(F)(F)F)cn2)C1. The molecule has 1 amide bonds. The van der Waals surface area contributed by atoms with Crippen molar-refractivity contribution in [3.05, 3.63) is 23.9 Å². The van der Waals surface area contributed by atoms with Gasteiger partial charge in [0.15, 0.2) is 0 Å². The molecule has 2 rings (SSSR count). The third-order valence-electron chi connectivity index (χ3n) is 2.85. The number of amides is 1. The summed E-state index contributed by atoms with van der Waals surface area (Å²) in [5.74, 6) is 0.182. The van der Waals surface area contributed by atoms with Crippen LogP contribution in [0.5, 0.6) is 5.88 Å². The second kappa shape index (κ2) is 5.07. The Balaban J connectivity index is 1.87. The summed E-state index contributed by atoms with van der Waals surface area (Å²) < 4.78 is 42.3. The summed E-state index contributed by atoms with van der Waals surface area (Å²) in [5.41, 5.74) is -0.809. The van der Waals surface area contributed by atoms with Gasteiger partial charge in [-0.2, -0.15) is 13.2 Å². The Labute approximate surface area is 108 Å². The van der Waals surface area contributed by atoms with Crippen LogP contribution in [-0.2, 0) is 11.0 Å². The minimum Gasteiger partial charge on any atom is -0.471 e. The number of carbonyl (C=O) groups excluding carboxylic acids is 1. The lowest BCUT2D eigenvalue weighted by atomic mass is 10.1. The fourth-order valence-corrected chi connectivity index (χ4v) is 1.73. The Morgan fingerprint density at radius 2 is 2.16 bits per heavy atom. The second-order valence-corrected chi connectivity index (χ2v) is 4.28. The number of ether oxygens (including phenoxy) is 1. The van der Waals surface area contributed by atoms with Crippen molar-refractivity contribution >= 4 is 5.91 Å². The summed E-state index contributed by atoms with van der Waals surface area (Å²) in [5, 5.41) is 0. The quantitative estimate of drug-likeness (QED) is 0.847. The van der Waals surface area contributed by atoms with Crippen LogP contribution in [0.4, 0.5) is 13.2 Å². The van der Waals surface area contributed by atoms with Crippen LogP contribution in [0.1, 0.15) is 18.9 Å². The molecule has 0 atom stereocenters. The van der Waals surface area contributed by atoms with Gasteiger partial charge in [0, 0.05) is 18.7 Å². The summed E-state index contributed by atoms with van der Waals surface area (Å²) in [6.07, 6.45) is -3.42. The van der Waals surface area contributed by atoms with E-state index in [2.05, 4.69) is 4.98 Å². The molecule has 1 saturated heterocycles. The lowest BCUT2D eigenvalue weighted by Crippen LogP contribution is -2.56. The maximum Gasteiger partial charge on any atom is 0.417 e. The molecule has 0 radical (unpaired) electrons. The molecule has 0 spiro atoms. The molecular weight excluding hydrogens is 261 g/mol. The van der Waals surface area contributed by atoms with Crippen LogP contribution in [0.3, 0.4) is 0 Å². The van der Waals surface area contributed by atoms with Crippen LogP contribution in [0, 0.1) is 0 Å². The molecule has 1 aliphatic rings. The molecule has 2 heterocycles. The van der Waals surface area contributed by atoms with E-state index in [9.17, 15) is 18.0 Å². The van der Waals surface area contributed by atoms with E-state index < -0.39 is 11.7 Å². The zero-order valence-corrected chi connectivity index (χ0v) is 10.3. The van der Waals surface area contributed by atoms with Gasteiger partial charge in [-0.1, -0.05) is 6.92 Å². The van der Waals surface area contributed by atoms with E-state index in [0.29, 0.717) is 19.5 Å². The van der Waals surface area contributed by atoms with Crippen LogP contribution in [0.15, 0.2) is 18.3 Å². The van der Waals surface area contributed by atoms with Crippen LogP contribution >= 0.6 is 0 Å². The Kier molecular flexibility index (Phi) is 3.64. The molecule has 1 aromatic rings. The number of alkyl halides is 3. The van der Waals surface area contributed by atoms with E-state index >= 15 is 0 Å². The van der Waals surface area contributed by atoms with Crippen molar-refractivity contribution in [1.29, 1.82) is 0 Å². The number of hydrogen-bond acceptors (Lipinski definition) is 3. The molecule has 0 N–H and O–H groups in total. The second-order valence-electron chi connectivity index (χ2n) is 4.28. The van der Waals surface area contributed by atoms with E-state index in [-0.39, 0.29) is 17.9 Å². The molecule has 1 aromatic heterocycles. The lowest BCUT2D eigenvalue weighted by Gasteiger charge is -2.38. The topological polar surface area (TPSA) is 42.4 Å². The van der Waals surface area contributed by atoms with Gasteiger partial charge in [-0.15, -0.1) is 0 Å². The first kappa shape index (κ1) is 13.6. The Morgan fingerprint density at radius 1 is 1.47 bits per heavy atom. The van der Waals surface area contributed by atoms with Crippen molar-refractivity contribution in [1.82, 2.24) is 9.88 Å². The summed E-state index contributed by atoms with van der Waals surface area (Å²) in [7, 11) is 0. The number of pyridine rings is 1. The van der Waals surface area contributed by atoms with Gasteiger partial charge in [-0.25, -0.2) is 4.98 Å². The lowest BCUT2D eigenvalue weighted by molar-refractivity contribution is -0.140. The van der Waals surface area contributed by atoms with Gasteiger partial charge >= 0.3 is 6.18 Å². The van der Waals surface area contributed by atoms with Crippen LogP contribution in [0.2, 0.25) is 0 Å². The molecule has 0 aromatic carbocycles. The van der Waals surface area contributed by atoms with Crippen LogP contribution in [0.25, 0.3) is 0 Å². The molecule has 0 aliphatic carbocycles. The van der Waals surface area contributed by atoms with Gasteiger partial charge in [-0.3, -0.25) is 4.79 Å². The molecule has 1 fully saturated rings. The highest BCUT2D eigenvalue weighted by Crippen LogP contribution is 2.29. The first-order chi connectivity index (χ1) is 8.90. The van der Waals surface area contributed by atoms with Gasteiger partial charge < -0.3 is 9.64 Å². The number of hydrogen-bond donors (Lipinski definition) is 0. The fraction of sp³-hybridized carbons (Fsp3) is 0.500. The van der Waals surface area contributed by atoms with E-state index in [1.54, 1.807) is 11.8 Å². The highest BCUT2D eigenvalue weighted by Gasteiger charge is 2.33. The normalized spacial score (nSPS) is 16.1. The number of rotatable bonds is 3. The fourth-order valence-electron chi connectivity index (χ4n) is 1.73. The predicted molar refractivity (Wildman–Crippen MR) is 60.5 cm³/mol. The summed E-state index contributed by atoms with van der Waals surface area (Å²) in [4.78, 5) is 16.5. The molecular formula is C12H13F3N2O2. The summed E-state index contributed by atoms with van der Waals surface area (Å²) in [6, 6.07) is 2.11. The number of aromatic nitrogens is 1. The van der Waals surface area contributed by atoms with Crippen LogP contribution in [-0.4, -0.2) is 35.0 Å².